The van der Waals surface area contributed by atoms with Crippen molar-refractivity contribution in [3.8, 4) is 11.1 Å². The van der Waals surface area contributed by atoms with Gasteiger partial charge in [0.05, 0.1) is 23.8 Å². The van der Waals surface area contributed by atoms with Crippen LogP contribution in [0.4, 0.5) is 5.69 Å². The number of carbonyl (C=O) groups is 3. The summed E-state index contributed by atoms with van der Waals surface area (Å²) in [5, 5.41) is 32.2. The number of pyridine rings is 1. The lowest BCUT2D eigenvalue weighted by Crippen LogP contribution is -2.41. The third-order valence-corrected chi connectivity index (χ3v) is 5.64. The molecule has 1 atom stereocenters. The molecule has 1 aromatic heterocycles. The van der Waals surface area contributed by atoms with Crippen molar-refractivity contribution in [3.63, 3.8) is 0 Å². The first kappa shape index (κ1) is 26.0. The highest BCUT2D eigenvalue weighted by Gasteiger charge is 2.22. The number of carboxylic acid groups (broad SMARTS) is 1. The molecule has 3 rings (SSSR count). The fourth-order valence-corrected chi connectivity index (χ4v) is 3.51. The first-order chi connectivity index (χ1) is 17.1. The number of carboxylic acids is 1. The minimum Gasteiger partial charge on any atom is -0.478 e. The van der Waals surface area contributed by atoms with Crippen molar-refractivity contribution >= 4 is 29.3 Å². The van der Waals surface area contributed by atoms with E-state index in [9.17, 15) is 24.6 Å². The van der Waals surface area contributed by atoms with Crippen LogP contribution >= 0.6 is 0 Å². The predicted molar refractivity (Wildman–Crippen MR) is 135 cm³/mol. The van der Waals surface area contributed by atoms with E-state index in [1.807, 2.05) is 13.8 Å². The summed E-state index contributed by atoms with van der Waals surface area (Å²) in [6, 6.07) is 11.5. The second-order valence-electron chi connectivity index (χ2n) is 8.44. The van der Waals surface area contributed by atoms with Crippen molar-refractivity contribution in [3.05, 3.63) is 83.2 Å². The number of amidine groups is 1. The van der Waals surface area contributed by atoms with E-state index in [1.54, 1.807) is 24.3 Å². The molecule has 0 radical (unpaired) electrons. The lowest BCUT2D eigenvalue weighted by molar-refractivity contribution is 0.0697. The minimum absolute atomic E-state index is 0.0210. The van der Waals surface area contributed by atoms with Crippen LogP contribution in [0.3, 0.4) is 0 Å². The maximum atomic E-state index is 13.1. The van der Waals surface area contributed by atoms with Gasteiger partial charge in [-0.3, -0.25) is 20.0 Å². The molecule has 0 fully saturated rings. The molecule has 0 spiro atoms. The molecular weight excluding hydrogens is 462 g/mol. The van der Waals surface area contributed by atoms with Gasteiger partial charge in [-0.05, 0) is 53.9 Å². The summed E-state index contributed by atoms with van der Waals surface area (Å²) < 4.78 is 0. The molecular formula is C26H27N5O5. The Labute approximate surface area is 207 Å². The number of amides is 2. The maximum absolute atomic E-state index is 13.1. The number of carbonyl (C=O) groups excluding carboxylic acids is 2. The molecule has 0 aliphatic rings. The number of hydrogen-bond acceptors (Lipinski definition) is 6. The molecule has 1 unspecified atom stereocenters. The van der Waals surface area contributed by atoms with E-state index in [-0.39, 0.29) is 46.2 Å². The molecule has 7 N–H and O–H groups in total. The Kier molecular flexibility index (Phi) is 8.13. The van der Waals surface area contributed by atoms with Gasteiger partial charge >= 0.3 is 5.97 Å². The molecule has 0 saturated heterocycles. The summed E-state index contributed by atoms with van der Waals surface area (Å²) >= 11 is 0. The largest absolute Gasteiger partial charge is 0.478 e. The number of rotatable bonds is 9. The Morgan fingerprint density at radius 3 is 2.22 bits per heavy atom. The molecule has 186 valence electrons. The fourth-order valence-electron chi connectivity index (χ4n) is 3.51. The zero-order chi connectivity index (χ0) is 26.4. The molecule has 10 nitrogen and oxygen atoms in total. The van der Waals surface area contributed by atoms with Gasteiger partial charge in [0.15, 0.2) is 0 Å². The van der Waals surface area contributed by atoms with E-state index in [1.165, 1.54) is 36.7 Å². The zero-order valence-corrected chi connectivity index (χ0v) is 19.8. The topological polar surface area (TPSA) is 178 Å². The smallest absolute Gasteiger partial charge is 0.336 e. The Morgan fingerprint density at radius 2 is 1.64 bits per heavy atom. The van der Waals surface area contributed by atoms with Gasteiger partial charge in [-0.15, -0.1) is 0 Å². The highest BCUT2D eigenvalue weighted by atomic mass is 16.4. The molecule has 1 heterocycles. The van der Waals surface area contributed by atoms with Gasteiger partial charge in [0.25, 0.3) is 11.8 Å². The molecule has 0 aliphatic heterocycles. The van der Waals surface area contributed by atoms with Crippen molar-refractivity contribution in [2.75, 3.05) is 11.9 Å². The van der Waals surface area contributed by atoms with Crippen LogP contribution in [0.15, 0.2) is 60.9 Å². The molecule has 3 aromatic rings. The number of benzene rings is 2. The van der Waals surface area contributed by atoms with Crippen LogP contribution in [0.2, 0.25) is 0 Å². The van der Waals surface area contributed by atoms with Gasteiger partial charge in [0.1, 0.15) is 5.84 Å². The number of nitrogen functional groups attached to an aromatic ring is 1. The van der Waals surface area contributed by atoms with E-state index >= 15 is 0 Å². The van der Waals surface area contributed by atoms with Crippen molar-refractivity contribution in [2.45, 2.75) is 19.9 Å². The normalized spacial score (nSPS) is 11.6. The Morgan fingerprint density at radius 1 is 0.972 bits per heavy atom. The second-order valence-corrected chi connectivity index (χ2v) is 8.44. The molecule has 10 heteroatoms. The van der Waals surface area contributed by atoms with E-state index in [0.717, 1.165) is 0 Å². The SMILES string of the molecule is CC(C)C(CO)NC(=O)c1ccc(-c2cnccc2C(=O)Nc2ccc(C(=N)N)cc2)c(C(=O)O)c1. The summed E-state index contributed by atoms with van der Waals surface area (Å²) in [6.07, 6.45) is 2.80. The summed E-state index contributed by atoms with van der Waals surface area (Å²) in [7, 11) is 0. The van der Waals surface area contributed by atoms with Crippen molar-refractivity contribution in [1.29, 1.82) is 5.41 Å². The van der Waals surface area contributed by atoms with Crippen LogP contribution in [0.25, 0.3) is 11.1 Å². The van der Waals surface area contributed by atoms with E-state index in [2.05, 4.69) is 15.6 Å². The number of nitrogens with two attached hydrogens (primary N) is 1. The number of anilines is 1. The lowest BCUT2D eigenvalue weighted by atomic mass is 9.94. The number of aliphatic hydroxyl groups excluding tert-OH is 1. The van der Waals surface area contributed by atoms with Gasteiger partial charge in [-0.25, -0.2) is 4.79 Å². The van der Waals surface area contributed by atoms with Crippen LogP contribution in [0.5, 0.6) is 0 Å². The molecule has 0 aliphatic carbocycles. The van der Waals surface area contributed by atoms with Crippen molar-refractivity contribution in [2.24, 2.45) is 11.7 Å². The lowest BCUT2D eigenvalue weighted by Gasteiger charge is -2.20. The molecule has 0 bridgehead atoms. The minimum atomic E-state index is -1.28. The predicted octanol–water partition coefficient (Wildman–Crippen LogP) is 2.73. The number of nitrogens with zero attached hydrogens (tertiary/aromatic N) is 1. The number of aliphatic hydroxyl groups is 1. The Balaban J connectivity index is 1.95. The third-order valence-electron chi connectivity index (χ3n) is 5.64. The monoisotopic (exact) mass is 489 g/mol. The number of aromatic nitrogens is 1. The zero-order valence-electron chi connectivity index (χ0n) is 19.8. The molecule has 2 aromatic carbocycles. The molecule has 2 amide bonds. The Hall–Kier alpha value is -4.57. The number of nitrogens with one attached hydrogen (secondary N) is 3. The van der Waals surface area contributed by atoms with Crippen LogP contribution < -0.4 is 16.4 Å². The quantitative estimate of drug-likeness (QED) is 0.197. The van der Waals surface area contributed by atoms with Crippen LogP contribution in [-0.4, -0.2) is 51.5 Å². The molecule has 0 saturated carbocycles. The average Bonchev–Trinajstić information content (AvgIpc) is 2.86. The second kappa shape index (κ2) is 11.2. The van der Waals surface area contributed by atoms with E-state index in [0.29, 0.717) is 11.3 Å². The highest BCUT2D eigenvalue weighted by molar-refractivity contribution is 6.11. The van der Waals surface area contributed by atoms with Gasteiger partial charge in [-0.2, -0.15) is 0 Å². The van der Waals surface area contributed by atoms with Crippen molar-refractivity contribution in [1.82, 2.24) is 10.3 Å². The fraction of sp³-hybridized carbons (Fsp3) is 0.192. The van der Waals surface area contributed by atoms with Gasteiger partial charge in [0, 0.05) is 34.8 Å². The average molecular weight is 490 g/mol. The maximum Gasteiger partial charge on any atom is 0.336 e. The van der Waals surface area contributed by atoms with Gasteiger partial charge < -0.3 is 26.6 Å². The Bertz CT molecular complexity index is 1300. The van der Waals surface area contributed by atoms with Crippen LogP contribution in [0.1, 0.15) is 50.5 Å². The van der Waals surface area contributed by atoms with E-state index < -0.39 is 23.8 Å². The van der Waals surface area contributed by atoms with Gasteiger partial charge in [-0.1, -0.05) is 19.9 Å². The van der Waals surface area contributed by atoms with Crippen LogP contribution in [-0.2, 0) is 0 Å². The summed E-state index contributed by atoms with van der Waals surface area (Å²) in [6.45, 7) is 3.44. The van der Waals surface area contributed by atoms with E-state index in [4.69, 9.17) is 11.1 Å². The first-order valence-electron chi connectivity index (χ1n) is 11.1. The number of hydrogen-bond donors (Lipinski definition) is 6. The summed E-state index contributed by atoms with van der Waals surface area (Å²) in [4.78, 5) is 41.9. The third kappa shape index (κ3) is 5.91. The molecule has 36 heavy (non-hydrogen) atoms. The number of aromatic carboxylic acids is 1. The van der Waals surface area contributed by atoms with Crippen molar-refractivity contribution < 1.29 is 24.6 Å². The summed E-state index contributed by atoms with van der Waals surface area (Å²) in [5.41, 5.74) is 7.02. The van der Waals surface area contributed by atoms with Crippen LogP contribution in [0, 0.1) is 11.3 Å². The summed E-state index contributed by atoms with van der Waals surface area (Å²) in [5.74, 6) is -2.41. The van der Waals surface area contributed by atoms with Gasteiger partial charge in [0.2, 0.25) is 0 Å². The first-order valence-corrected chi connectivity index (χ1v) is 11.1. The highest BCUT2D eigenvalue weighted by Crippen LogP contribution is 2.28. The standard InChI is InChI=1S/C26H27N5O5/c1-14(2)22(13-32)31-24(33)16-5-8-18(20(11-16)26(35)36)21-12-29-10-9-19(21)25(34)30-17-6-3-15(4-7-17)23(27)28/h3-12,14,22,32H,13H2,1-2H3,(H3,27,28)(H,30,34)(H,31,33)(H,35,36).